The van der Waals surface area contributed by atoms with E-state index >= 15 is 0 Å². The number of hydrogen-bond acceptors (Lipinski definition) is 3. The number of nitrogens with one attached hydrogen (secondary N) is 1. The fourth-order valence-electron chi connectivity index (χ4n) is 2.97. The molecule has 0 aliphatic carbocycles. The number of benzene rings is 2. The molecule has 24 heavy (non-hydrogen) atoms. The molecule has 1 heterocycles. The fourth-order valence-corrected chi connectivity index (χ4v) is 2.97. The lowest BCUT2D eigenvalue weighted by Crippen LogP contribution is -2.30. The van der Waals surface area contributed by atoms with E-state index in [2.05, 4.69) is 31.3 Å². The van der Waals surface area contributed by atoms with Crippen LogP contribution in [0.3, 0.4) is 0 Å². The number of para-hydroxylation sites is 1. The Hall–Kier alpha value is -2.46. The van der Waals surface area contributed by atoms with E-state index in [1.165, 1.54) is 5.56 Å². The van der Waals surface area contributed by atoms with Crippen LogP contribution in [0.5, 0.6) is 0 Å². The maximum Gasteiger partial charge on any atom is 0.266 e. The SMILES string of the molecule is CCN[C@@H](C)c1nc2ccccc2c(=O)n1-c1ccc(CC)cc1. The van der Waals surface area contributed by atoms with Crippen molar-refractivity contribution >= 4 is 10.9 Å². The molecule has 4 heteroatoms. The van der Waals surface area contributed by atoms with E-state index in [0.29, 0.717) is 5.39 Å². The molecule has 1 aromatic heterocycles. The number of nitrogens with zero attached hydrogens (tertiary/aromatic N) is 2. The van der Waals surface area contributed by atoms with Gasteiger partial charge in [0.15, 0.2) is 0 Å². The van der Waals surface area contributed by atoms with Crippen LogP contribution in [0.25, 0.3) is 16.6 Å². The first kappa shape index (κ1) is 16.4. The van der Waals surface area contributed by atoms with E-state index in [-0.39, 0.29) is 11.6 Å². The lowest BCUT2D eigenvalue weighted by Gasteiger charge is -2.19. The van der Waals surface area contributed by atoms with Crippen molar-refractivity contribution in [2.75, 3.05) is 6.54 Å². The van der Waals surface area contributed by atoms with Gasteiger partial charge in [-0.3, -0.25) is 9.36 Å². The predicted molar refractivity (Wildman–Crippen MR) is 98.8 cm³/mol. The maximum atomic E-state index is 13.1. The van der Waals surface area contributed by atoms with E-state index < -0.39 is 0 Å². The van der Waals surface area contributed by atoms with Gasteiger partial charge in [-0.2, -0.15) is 0 Å². The van der Waals surface area contributed by atoms with E-state index in [1.54, 1.807) is 4.57 Å². The minimum absolute atomic E-state index is 0.0156. The summed E-state index contributed by atoms with van der Waals surface area (Å²) in [6, 6.07) is 15.6. The van der Waals surface area contributed by atoms with Crippen molar-refractivity contribution in [2.24, 2.45) is 0 Å². The van der Waals surface area contributed by atoms with Crippen LogP contribution < -0.4 is 10.9 Å². The molecule has 0 bridgehead atoms. The van der Waals surface area contributed by atoms with Gasteiger partial charge in [0.1, 0.15) is 5.82 Å². The molecule has 124 valence electrons. The third-order valence-corrected chi connectivity index (χ3v) is 4.30. The number of aromatic nitrogens is 2. The molecule has 1 atom stereocenters. The van der Waals surface area contributed by atoms with Crippen molar-refractivity contribution in [3.8, 4) is 5.69 Å². The van der Waals surface area contributed by atoms with Gasteiger partial charge in [-0.15, -0.1) is 0 Å². The Morgan fingerprint density at radius 2 is 1.79 bits per heavy atom. The van der Waals surface area contributed by atoms with Gasteiger partial charge in [0.2, 0.25) is 0 Å². The third kappa shape index (κ3) is 2.97. The summed E-state index contributed by atoms with van der Waals surface area (Å²) in [7, 11) is 0. The highest BCUT2D eigenvalue weighted by Crippen LogP contribution is 2.18. The number of aryl methyl sites for hydroxylation is 1. The highest BCUT2D eigenvalue weighted by Gasteiger charge is 2.17. The van der Waals surface area contributed by atoms with Crippen LogP contribution in [0.1, 0.15) is 38.2 Å². The van der Waals surface area contributed by atoms with Crippen molar-refractivity contribution < 1.29 is 0 Å². The molecule has 0 saturated heterocycles. The van der Waals surface area contributed by atoms with Gasteiger partial charge < -0.3 is 5.32 Å². The second kappa shape index (κ2) is 6.97. The molecule has 3 aromatic rings. The van der Waals surface area contributed by atoms with Crippen LogP contribution in [0, 0.1) is 0 Å². The number of fused-ring (bicyclic) bond motifs is 1. The average molecular weight is 321 g/mol. The molecule has 1 N–H and O–H groups in total. The van der Waals surface area contributed by atoms with E-state index in [0.717, 1.165) is 30.0 Å². The van der Waals surface area contributed by atoms with Crippen molar-refractivity contribution in [3.63, 3.8) is 0 Å². The zero-order valence-electron chi connectivity index (χ0n) is 14.4. The first-order valence-corrected chi connectivity index (χ1v) is 8.50. The zero-order chi connectivity index (χ0) is 17.1. The lowest BCUT2D eigenvalue weighted by atomic mass is 10.1. The number of rotatable bonds is 5. The molecule has 4 nitrogen and oxygen atoms in total. The first-order valence-electron chi connectivity index (χ1n) is 8.50. The topological polar surface area (TPSA) is 46.9 Å². The molecular weight excluding hydrogens is 298 g/mol. The zero-order valence-corrected chi connectivity index (χ0v) is 14.4. The Labute approximate surface area is 142 Å². The Bertz CT molecular complexity index is 897. The van der Waals surface area contributed by atoms with Crippen molar-refractivity contribution in [3.05, 3.63) is 70.3 Å². The summed E-state index contributed by atoms with van der Waals surface area (Å²) < 4.78 is 1.73. The average Bonchev–Trinajstić information content (AvgIpc) is 2.62. The minimum atomic E-state index is -0.0235. The normalized spacial score (nSPS) is 12.5. The van der Waals surface area contributed by atoms with Gasteiger partial charge in [-0.05, 0) is 49.7 Å². The van der Waals surface area contributed by atoms with Crippen molar-refractivity contribution in [1.29, 1.82) is 0 Å². The molecule has 0 aliphatic heterocycles. The summed E-state index contributed by atoms with van der Waals surface area (Å²) in [6.07, 6.45) is 0.978. The molecular formula is C20H23N3O. The lowest BCUT2D eigenvalue weighted by molar-refractivity contribution is 0.551. The quantitative estimate of drug-likeness (QED) is 0.781. The molecule has 0 unspecified atom stereocenters. The van der Waals surface area contributed by atoms with Gasteiger partial charge in [0, 0.05) is 0 Å². The third-order valence-electron chi connectivity index (χ3n) is 4.30. The maximum absolute atomic E-state index is 13.1. The molecule has 0 radical (unpaired) electrons. The smallest absolute Gasteiger partial charge is 0.266 e. The Kier molecular flexibility index (Phi) is 4.76. The second-order valence-corrected chi connectivity index (χ2v) is 5.93. The molecule has 3 rings (SSSR count). The summed E-state index contributed by atoms with van der Waals surface area (Å²) in [5.41, 5.74) is 2.82. The number of hydrogen-bond donors (Lipinski definition) is 1. The summed E-state index contributed by atoms with van der Waals surface area (Å²) >= 11 is 0. The van der Waals surface area contributed by atoms with E-state index in [1.807, 2.05) is 43.3 Å². The second-order valence-electron chi connectivity index (χ2n) is 5.93. The van der Waals surface area contributed by atoms with Crippen LogP contribution >= 0.6 is 0 Å². The van der Waals surface area contributed by atoms with E-state index in [4.69, 9.17) is 4.98 Å². The van der Waals surface area contributed by atoms with Crippen LogP contribution in [0.2, 0.25) is 0 Å². The van der Waals surface area contributed by atoms with Gasteiger partial charge >= 0.3 is 0 Å². The Balaban J connectivity index is 2.27. The first-order chi connectivity index (χ1) is 11.7. The molecule has 0 amide bonds. The van der Waals surface area contributed by atoms with Crippen LogP contribution in [0.4, 0.5) is 0 Å². The molecule has 2 aromatic carbocycles. The summed E-state index contributed by atoms with van der Waals surface area (Å²) in [4.78, 5) is 17.9. The summed E-state index contributed by atoms with van der Waals surface area (Å²) in [6.45, 7) is 7.03. The molecule has 0 aliphatic rings. The van der Waals surface area contributed by atoms with Crippen molar-refractivity contribution in [1.82, 2.24) is 14.9 Å². The standard InChI is InChI=1S/C20H23N3O/c1-4-15-10-12-16(13-11-15)23-19(14(3)21-5-2)22-18-9-7-6-8-17(18)20(23)24/h6-14,21H,4-5H2,1-3H3/t14-/m0/s1. The van der Waals surface area contributed by atoms with Crippen LogP contribution in [-0.2, 0) is 6.42 Å². The van der Waals surface area contributed by atoms with E-state index in [9.17, 15) is 4.79 Å². The summed E-state index contributed by atoms with van der Waals surface area (Å²) in [5, 5.41) is 4.01. The largest absolute Gasteiger partial charge is 0.308 e. The minimum Gasteiger partial charge on any atom is -0.308 e. The molecule has 0 fully saturated rings. The van der Waals surface area contributed by atoms with Gasteiger partial charge in [0.25, 0.3) is 5.56 Å². The molecule has 0 saturated carbocycles. The van der Waals surface area contributed by atoms with Crippen molar-refractivity contribution in [2.45, 2.75) is 33.2 Å². The van der Waals surface area contributed by atoms with Gasteiger partial charge in [-0.25, -0.2) is 4.98 Å². The fraction of sp³-hybridized carbons (Fsp3) is 0.300. The van der Waals surface area contributed by atoms with Gasteiger partial charge in [0.05, 0.1) is 22.6 Å². The monoisotopic (exact) mass is 321 g/mol. The predicted octanol–water partition coefficient (Wildman–Crippen LogP) is 3.62. The Morgan fingerprint density at radius 3 is 2.46 bits per heavy atom. The van der Waals surface area contributed by atoms with Crippen LogP contribution in [-0.4, -0.2) is 16.1 Å². The molecule has 0 spiro atoms. The highest BCUT2D eigenvalue weighted by atomic mass is 16.1. The van der Waals surface area contributed by atoms with Gasteiger partial charge in [-0.1, -0.05) is 38.1 Å². The Morgan fingerprint density at radius 1 is 1.08 bits per heavy atom. The summed E-state index contributed by atoms with van der Waals surface area (Å²) in [5.74, 6) is 0.741. The van der Waals surface area contributed by atoms with Crippen LogP contribution in [0.15, 0.2) is 53.3 Å². The highest BCUT2D eigenvalue weighted by molar-refractivity contribution is 5.77.